The van der Waals surface area contributed by atoms with Crippen molar-refractivity contribution in [3.63, 3.8) is 0 Å². The summed E-state index contributed by atoms with van der Waals surface area (Å²) in [6.45, 7) is -2.58. The zero-order chi connectivity index (χ0) is 29.9. The molecule has 0 radical (unpaired) electrons. The Morgan fingerprint density at radius 2 is 1.76 bits per heavy atom. The van der Waals surface area contributed by atoms with Crippen LogP contribution in [0.2, 0.25) is 0 Å². The SMILES string of the molecule is COc1ccc([C@@]23CCC(NC(=O)N(OC(=O)C(F)(F)F)c4ccccc4OC(F)F)C[C@@H]2N(C)CC3)cc1OC. The molecule has 1 N–H and O–H groups in total. The highest BCUT2D eigenvalue weighted by Gasteiger charge is 2.51. The lowest BCUT2D eigenvalue weighted by atomic mass is 9.65. The first-order chi connectivity index (χ1) is 19.4. The first-order valence-electron chi connectivity index (χ1n) is 12.8. The number of amides is 2. The van der Waals surface area contributed by atoms with Gasteiger partial charge in [0.25, 0.3) is 0 Å². The zero-order valence-corrected chi connectivity index (χ0v) is 22.5. The standard InChI is InChI=1S/C27H30F5N3O6/c1-34-13-12-26(16-8-9-20(38-2)21(14-16)39-3)11-10-17(15-22(26)34)33-25(37)35(41-23(36)27(30,31)32)18-6-4-5-7-19(18)40-24(28)29/h4-9,14,17,22,24H,10-13,15H2,1-3H3,(H,33,37)/t17?,22-,26-/m0/s1. The number of nitrogens with zero attached hydrogens (tertiary/aromatic N) is 2. The van der Waals surface area contributed by atoms with Gasteiger partial charge >= 0.3 is 24.8 Å². The molecule has 2 aromatic carbocycles. The minimum atomic E-state index is -5.45. The molecule has 2 aromatic rings. The summed E-state index contributed by atoms with van der Waals surface area (Å²) in [7, 11) is 5.04. The molecule has 4 rings (SSSR count). The third-order valence-corrected chi connectivity index (χ3v) is 7.70. The first kappa shape index (κ1) is 30.2. The summed E-state index contributed by atoms with van der Waals surface area (Å²) < 4.78 is 80.3. The number of carbonyl (C=O) groups is 2. The second kappa shape index (κ2) is 12.0. The second-order valence-electron chi connectivity index (χ2n) is 9.91. The molecule has 2 aliphatic rings. The maximum atomic E-state index is 13.3. The summed E-state index contributed by atoms with van der Waals surface area (Å²) >= 11 is 0. The number of halogens is 5. The number of likely N-dealkylation sites (tertiary alicyclic amines) is 1. The molecule has 1 unspecified atom stereocenters. The summed E-state index contributed by atoms with van der Waals surface area (Å²) in [5, 5.41) is 2.63. The lowest BCUT2D eigenvalue weighted by Crippen LogP contribution is -2.54. The van der Waals surface area contributed by atoms with E-state index < -0.39 is 42.3 Å². The number of rotatable bonds is 7. The Bertz CT molecular complexity index is 1260. The number of likely N-dealkylation sites (N-methyl/N-ethyl adjacent to an activating group) is 1. The van der Waals surface area contributed by atoms with Crippen LogP contribution >= 0.6 is 0 Å². The van der Waals surface area contributed by atoms with Gasteiger partial charge in [-0.2, -0.15) is 22.0 Å². The number of hydrogen-bond acceptors (Lipinski definition) is 7. The van der Waals surface area contributed by atoms with E-state index >= 15 is 0 Å². The molecule has 1 aliphatic carbocycles. The number of carbonyl (C=O) groups excluding carboxylic acids is 2. The summed E-state index contributed by atoms with van der Waals surface area (Å²) in [4.78, 5) is 31.5. The van der Waals surface area contributed by atoms with Crippen LogP contribution in [-0.4, -0.2) is 69.6 Å². The highest BCUT2D eigenvalue weighted by atomic mass is 19.4. The van der Waals surface area contributed by atoms with Crippen molar-refractivity contribution in [1.82, 2.24) is 10.2 Å². The minimum Gasteiger partial charge on any atom is -0.493 e. The maximum absolute atomic E-state index is 13.3. The highest BCUT2D eigenvalue weighted by Crippen LogP contribution is 2.50. The number of hydrogen-bond donors (Lipinski definition) is 1. The van der Waals surface area contributed by atoms with Crippen molar-refractivity contribution < 1.29 is 50.6 Å². The van der Waals surface area contributed by atoms with Crippen LogP contribution in [0.15, 0.2) is 42.5 Å². The summed E-state index contributed by atoms with van der Waals surface area (Å²) in [6.07, 6.45) is -3.13. The number of benzene rings is 2. The fourth-order valence-electron chi connectivity index (χ4n) is 5.78. The Kier molecular flexibility index (Phi) is 8.80. The largest absolute Gasteiger partial charge is 0.493 e. The Balaban J connectivity index is 1.58. The predicted octanol–water partition coefficient (Wildman–Crippen LogP) is 5.04. The van der Waals surface area contributed by atoms with E-state index in [2.05, 4.69) is 19.8 Å². The van der Waals surface area contributed by atoms with Crippen molar-refractivity contribution in [2.75, 3.05) is 32.9 Å². The first-order valence-corrected chi connectivity index (χ1v) is 12.8. The zero-order valence-electron chi connectivity index (χ0n) is 22.5. The van der Waals surface area contributed by atoms with Gasteiger partial charge in [0, 0.05) is 17.5 Å². The normalized spacial score (nSPS) is 22.6. The number of anilines is 1. The number of para-hydroxylation sites is 2. The van der Waals surface area contributed by atoms with E-state index in [0.717, 1.165) is 30.7 Å². The fraction of sp³-hybridized carbons (Fsp3) is 0.481. The van der Waals surface area contributed by atoms with Crippen molar-refractivity contribution in [2.24, 2.45) is 0 Å². The van der Waals surface area contributed by atoms with Crippen LogP contribution in [0, 0.1) is 0 Å². The van der Waals surface area contributed by atoms with Crippen molar-refractivity contribution in [1.29, 1.82) is 0 Å². The van der Waals surface area contributed by atoms with Gasteiger partial charge in [0.15, 0.2) is 17.2 Å². The number of fused-ring (bicyclic) bond motifs is 1. The van der Waals surface area contributed by atoms with Crippen LogP contribution in [-0.2, 0) is 15.0 Å². The molecule has 41 heavy (non-hydrogen) atoms. The number of urea groups is 1. The van der Waals surface area contributed by atoms with Crippen LogP contribution < -0.4 is 24.6 Å². The number of alkyl halides is 5. The summed E-state index contributed by atoms with van der Waals surface area (Å²) in [5.41, 5.74) is 0.153. The molecular formula is C27H30F5N3O6. The fourth-order valence-corrected chi connectivity index (χ4v) is 5.78. The molecule has 14 heteroatoms. The van der Waals surface area contributed by atoms with Gasteiger partial charge < -0.3 is 29.3 Å². The van der Waals surface area contributed by atoms with E-state index in [1.54, 1.807) is 14.2 Å². The molecule has 224 valence electrons. The van der Waals surface area contributed by atoms with Crippen molar-refractivity contribution in [3.05, 3.63) is 48.0 Å². The van der Waals surface area contributed by atoms with Crippen molar-refractivity contribution in [3.8, 4) is 17.2 Å². The van der Waals surface area contributed by atoms with Crippen LogP contribution in [0.5, 0.6) is 17.2 Å². The third-order valence-electron chi connectivity index (χ3n) is 7.70. The van der Waals surface area contributed by atoms with Gasteiger partial charge in [-0.1, -0.05) is 18.2 Å². The Morgan fingerprint density at radius 3 is 2.41 bits per heavy atom. The molecule has 1 saturated heterocycles. The molecule has 2 amide bonds. The number of ether oxygens (including phenoxy) is 3. The molecule has 1 heterocycles. The molecule has 1 saturated carbocycles. The lowest BCUT2D eigenvalue weighted by Gasteiger charge is -2.45. The average Bonchev–Trinajstić information content (AvgIpc) is 3.27. The summed E-state index contributed by atoms with van der Waals surface area (Å²) in [6, 6.07) is 8.48. The molecule has 0 aromatic heterocycles. The second-order valence-corrected chi connectivity index (χ2v) is 9.91. The van der Waals surface area contributed by atoms with Crippen molar-refractivity contribution in [2.45, 2.75) is 56.0 Å². The number of methoxy groups -OCH3 is 2. The molecule has 3 atom stereocenters. The Morgan fingerprint density at radius 1 is 1.05 bits per heavy atom. The molecule has 9 nitrogen and oxygen atoms in total. The van der Waals surface area contributed by atoms with E-state index in [1.165, 1.54) is 12.1 Å². The van der Waals surface area contributed by atoms with E-state index in [-0.39, 0.29) is 16.5 Å². The van der Waals surface area contributed by atoms with Gasteiger partial charge in [-0.25, -0.2) is 9.59 Å². The van der Waals surface area contributed by atoms with Crippen LogP contribution in [0.1, 0.15) is 31.2 Å². The Labute approximate surface area is 233 Å². The molecule has 2 fully saturated rings. The maximum Gasteiger partial charge on any atom is 0.493 e. The van der Waals surface area contributed by atoms with Crippen LogP contribution in [0.4, 0.5) is 32.4 Å². The Hall–Kier alpha value is -3.81. The van der Waals surface area contributed by atoms with Crippen molar-refractivity contribution >= 4 is 17.7 Å². The van der Waals surface area contributed by atoms with Gasteiger partial charge in [-0.15, -0.1) is 5.06 Å². The highest BCUT2D eigenvalue weighted by molar-refractivity contribution is 5.94. The predicted molar refractivity (Wildman–Crippen MR) is 136 cm³/mol. The smallest absolute Gasteiger partial charge is 0.493 e. The molecule has 0 bridgehead atoms. The van der Waals surface area contributed by atoms with E-state index in [4.69, 9.17) is 9.47 Å². The molecule has 0 spiro atoms. The molecular weight excluding hydrogens is 557 g/mol. The van der Waals surface area contributed by atoms with E-state index in [9.17, 15) is 31.5 Å². The minimum absolute atomic E-state index is 0.00208. The quantitative estimate of drug-likeness (QED) is 0.359. The van der Waals surface area contributed by atoms with Gasteiger partial charge in [0.1, 0.15) is 5.69 Å². The molecule has 1 aliphatic heterocycles. The average molecular weight is 588 g/mol. The lowest BCUT2D eigenvalue weighted by molar-refractivity contribution is -0.199. The van der Waals surface area contributed by atoms with Gasteiger partial charge in [-0.3, -0.25) is 0 Å². The summed E-state index contributed by atoms with van der Waals surface area (Å²) in [5.74, 6) is -2.19. The number of hydroxylamine groups is 1. The van der Waals surface area contributed by atoms with Crippen LogP contribution in [0.3, 0.4) is 0 Å². The monoisotopic (exact) mass is 587 g/mol. The van der Waals surface area contributed by atoms with Crippen LogP contribution in [0.25, 0.3) is 0 Å². The third kappa shape index (κ3) is 6.26. The van der Waals surface area contributed by atoms with Gasteiger partial charge in [-0.05, 0) is 69.1 Å². The van der Waals surface area contributed by atoms with Gasteiger partial charge in [0.05, 0.1) is 14.2 Å². The van der Waals surface area contributed by atoms with E-state index in [0.29, 0.717) is 30.8 Å². The number of nitrogens with one attached hydrogen (secondary N) is 1. The van der Waals surface area contributed by atoms with Gasteiger partial charge in [0.2, 0.25) is 0 Å². The topological polar surface area (TPSA) is 89.6 Å². The van der Waals surface area contributed by atoms with E-state index in [1.807, 2.05) is 25.2 Å².